The predicted octanol–water partition coefficient (Wildman–Crippen LogP) is 3.04. The van der Waals surface area contributed by atoms with Crippen LogP contribution in [0, 0.1) is 0 Å². The smallest absolute Gasteiger partial charge is 0.229 e. The number of anilines is 2. The number of amides is 1. The summed E-state index contributed by atoms with van der Waals surface area (Å²) in [6.07, 6.45) is 6.46. The second kappa shape index (κ2) is 9.07. The number of benzene rings is 1. The normalized spacial score (nSPS) is 15.6. The molecule has 1 aliphatic rings. The molecule has 1 aliphatic heterocycles. The molecule has 4 heterocycles. The Kier molecular flexibility index (Phi) is 5.67. The maximum absolute atomic E-state index is 12.4. The molecule has 8 heteroatoms. The van der Waals surface area contributed by atoms with Gasteiger partial charge in [-0.15, -0.1) is 0 Å². The van der Waals surface area contributed by atoms with E-state index >= 15 is 0 Å². The van der Waals surface area contributed by atoms with Crippen molar-refractivity contribution in [3.05, 3.63) is 72.7 Å². The van der Waals surface area contributed by atoms with Crippen LogP contribution in [0.1, 0.15) is 12.0 Å². The molecule has 4 aromatic rings. The van der Waals surface area contributed by atoms with Crippen molar-refractivity contribution in [3.63, 3.8) is 0 Å². The van der Waals surface area contributed by atoms with Crippen LogP contribution in [0.5, 0.6) is 0 Å². The van der Waals surface area contributed by atoms with Gasteiger partial charge < -0.3 is 16.0 Å². The summed E-state index contributed by atoms with van der Waals surface area (Å²) in [7, 11) is 0. The first kappa shape index (κ1) is 20.0. The fourth-order valence-electron chi connectivity index (χ4n) is 3.80. The van der Waals surface area contributed by atoms with Crippen molar-refractivity contribution in [3.8, 4) is 11.4 Å². The lowest BCUT2D eigenvalue weighted by Gasteiger charge is -2.15. The van der Waals surface area contributed by atoms with Crippen LogP contribution in [-0.4, -0.2) is 45.0 Å². The molecule has 0 unspecified atom stereocenters. The third kappa shape index (κ3) is 4.55. The number of carbonyl (C=O) groups excluding carboxylic acids is 1. The molecule has 32 heavy (non-hydrogen) atoms. The number of nitrogens with zero attached hydrogens (tertiary/aromatic N) is 4. The van der Waals surface area contributed by atoms with Gasteiger partial charge in [0.2, 0.25) is 5.91 Å². The highest BCUT2D eigenvalue weighted by Crippen LogP contribution is 2.26. The molecule has 0 aliphatic carbocycles. The molecule has 0 saturated carbocycles. The van der Waals surface area contributed by atoms with Gasteiger partial charge in [-0.2, -0.15) is 0 Å². The van der Waals surface area contributed by atoms with E-state index in [-0.39, 0.29) is 12.3 Å². The summed E-state index contributed by atoms with van der Waals surface area (Å²) in [6, 6.07) is 15.5. The lowest BCUT2D eigenvalue weighted by Crippen LogP contribution is -2.23. The number of nitrogens with one attached hydrogen (secondary N) is 3. The van der Waals surface area contributed by atoms with E-state index in [9.17, 15) is 4.79 Å². The number of rotatable bonds is 6. The molecule has 0 radical (unpaired) electrons. The fraction of sp³-hybridized carbons (Fsp3) is 0.208. The number of aromatic nitrogens is 4. The topological polar surface area (TPSA) is 105 Å². The summed E-state index contributed by atoms with van der Waals surface area (Å²) in [6.45, 7) is 1.89. The van der Waals surface area contributed by atoms with Gasteiger partial charge in [-0.1, -0.05) is 30.3 Å². The Morgan fingerprint density at radius 2 is 2.00 bits per heavy atom. The van der Waals surface area contributed by atoms with E-state index in [0.717, 1.165) is 47.4 Å². The molecule has 8 nitrogen and oxygen atoms in total. The molecular weight excluding hydrogens is 402 g/mol. The Morgan fingerprint density at radius 3 is 2.84 bits per heavy atom. The van der Waals surface area contributed by atoms with E-state index < -0.39 is 0 Å². The molecule has 1 aromatic carbocycles. The first-order valence-corrected chi connectivity index (χ1v) is 10.6. The van der Waals surface area contributed by atoms with E-state index in [1.165, 1.54) is 0 Å². The average molecular weight is 425 g/mol. The minimum absolute atomic E-state index is 0.124. The molecule has 0 spiro atoms. The van der Waals surface area contributed by atoms with Crippen LogP contribution in [0.4, 0.5) is 11.6 Å². The summed E-state index contributed by atoms with van der Waals surface area (Å²) in [5.41, 5.74) is 2.48. The number of pyridine rings is 2. The second-order valence-electron chi connectivity index (χ2n) is 7.76. The molecule has 3 aromatic heterocycles. The Morgan fingerprint density at radius 1 is 1.09 bits per heavy atom. The van der Waals surface area contributed by atoms with E-state index in [2.05, 4.69) is 25.9 Å². The lowest BCUT2D eigenvalue weighted by molar-refractivity contribution is -0.115. The molecule has 1 atom stereocenters. The average Bonchev–Trinajstić information content (AvgIpc) is 3.33. The van der Waals surface area contributed by atoms with E-state index in [1.807, 2.05) is 42.5 Å². The van der Waals surface area contributed by atoms with Gasteiger partial charge in [0.1, 0.15) is 11.6 Å². The predicted molar refractivity (Wildman–Crippen MR) is 124 cm³/mol. The van der Waals surface area contributed by atoms with Crippen molar-refractivity contribution < 1.29 is 4.79 Å². The van der Waals surface area contributed by atoms with Crippen molar-refractivity contribution in [2.75, 3.05) is 23.7 Å². The zero-order valence-electron chi connectivity index (χ0n) is 17.5. The van der Waals surface area contributed by atoms with Gasteiger partial charge in [0.25, 0.3) is 0 Å². The van der Waals surface area contributed by atoms with Crippen molar-refractivity contribution in [2.45, 2.75) is 18.9 Å². The Balaban J connectivity index is 1.41. The second-order valence-corrected chi connectivity index (χ2v) is 7.76. The Hall–Kier alpha value is -3.91. The molecule has 1 fully saturated rings. The highest BCUT2D eigenvalue weighted by molar-refractivity contribution is 5.92. The van der Waals surface area contributed by atoms with Gasteiger partial charge in [0.05, 0.1) is 18.1 Å². The highest BCUT2D eigenvalue weighted by atomic mass is 16.1. The minimum Gasteiger partial charge on any atom is -0.365 e. The summed E-state index contributed by atoms with van der Waals surface area (Å²) in [5.74, 6) is 1.68. The Bertz CT molecular complexity index is 1240. The molecule has 1 amide bonds. The molecule has 3 N–H and O–H groups in total. The lowest BCUT2D eigenvalue weighted by atomic mass is 10.1. The van der Waals surface area contributed by atoms with E-state index in [4.69, 9.17) is 9.97 Å². The van der Waals surface area contributed by atoms with Crippen LogP contribution < -0.4 is 16.0 Å². The molecule has 0 bridgehead atoms. The summed E-state index contributed by atoms with van der Waals surface area (Å²) in [4.78, 5) is 30.5. The molecular formula is C24H23N7O. The zero-order chi connectivity index (χ0) is 21.8. The van der Waals surface area contributed by atoms with Crippen LogP contribution in [0.3, 0.4) is 0 Å². The first-order chi connectivity index (χ1) is 15.7. The quantitative estimate of drug-likeness (QED) is 0.436. The minimum atomic E-state index is -0.124. The van der Waals surface area contributed by atoms with Crippen LogP contribution in [0.15, 0.2) is 67.1 Å². The van der Waals surface area contributed by atoms with Crippen molar-refractivity contribution in [2.24, 2.45) is 0 Å². The van der Waals surface area contributed by atoms with Gasteiger partial charge in [-0.25, -0.2) is 15.0 Å². The van der Waals surface area contributed by atoms with E-state index in [1.54, 1.807) is 24.7 Å². The van der Waals surface area contributed by atoms with Crippen molar-refractivity contribution in [1.29, 1.82) is 0 Å². The van der Waals surface area contributed by atoms with E-state index in [0.29, 0.717) is 17.7 Å². The summed E-state index contributed by atoms with van der Waals surface area (Å²) >= 11 is 0. The molecule has 1 saturated heterocycles. The van der Waals surface area contributed by atoms with Crippen LogP contribution >= 0.6 is 0 Å². The van der Waals surface area contributed by atoms with Gasteiger partial charge in [0, 0.05) is 35.9 Å². The van der Waals surface area contributed by atoms with Gasteiger partial charge in [-0.3, -0.25) is 9.78 Å². The van der Waals surface area contributed by atoms with Crippen LogP contribution in [0.2, 0.25) is 0 Å². The largest absolute Gasteiger partial charge is 0.365 e. The zero-order valence-corrected chi connectivity index (χ0v) is 17.5. The van der Waals surface area contributed by atoms with Crippen molar-refractivity contribution >= 4 is 28.4 Å². The van der Waals surface area contributed by atoms with Gasteiger partial charge in [-0.05, 0) is 36.7 Å². The van der Waals surface area contributed by atoms with Gasteiger partial charge >= 0.3 is 0 Å². The number of carbonyl (C=O) groups is 1. The van der Waals surface area contributed by atoms with Crippen molar-refractivity contribution in [1.82, 2.24) is 25.3 Å². The SMILES string of the molecule is O=C(Cc1ccccc1)Nc1cc(-c2nc(N[C@@H]3CCNC3)c3ccncc3n2)ccn1. The standard InChI is InChI=1S/C24H23N7O/c32-22(12-16-4-2-1-3-5-16)30-21-13-17(6-11-27-21)23-29-20-15-26-10-8-19(20)24(31-23)28-18-7-9-25-14-18/h1-6,8,10-11,13,15,18,25H,7,9,12,14H2,(H,27,30,32)(H,28,29,31)/t18-/m1/s1. The number of hydrogen-bond donors (Lipinski definition) is 3. The first-order valence-electron chi connectivity index (χ1n) is 10.6. The fourth-order valence-corrected chi connectivity index (χ4v) is 3.80. The molecule has 5 rings (SSSR count). The van der Waals surface area contributed by atoms with Gasteiger partial charge in [0.15, 0.2) is 5.82 Å². The third-order valence-electron chi connectivity index (χ3n) is 5.39. The number of fused-ring (bicyclic) bond motifs is 1. The maximum Gasteiger partial charge on any atom is 0.229 e. The van der Waals surface area contributed by atoms with Crippen LogP contribution in [-0.2, 0) is 11.2 Å². The Labute approximate surface area is 185 Å². The van der Waals surface area contributed by atoms with Crippen LogP contribution in [0.25, 0.3) is 22.3 Å². The molecule has 160 valence electrons. The highest BCUT2D eigenvalue weighted by Gasteiger charge is 2.17. The number of hydrogen-bond acceptors (Lipinski definition) is 7. The third-order valence-corrected chi connectivity index (χ3v) is 5.39. The summed E-state index contributed by atoms with van der Waals surface area (Å²) < 4.78 is 0. The summed E-state index contributed by atoms with van der Waals surface area (Å²) in [5, 5.41) is 10.7. The maximum atomic E-state index is 12.4. The monoisotopic (exact) mass is 425 g/mol.